The van der Waals surface area contributed by atoms with E-state index in [1.165, 1.54) is 5.56 Å². The van der Waals surface area contributed by atoms with Crippen LogP contribution in [-0.2, 0) is 13.0 Å². The van der Waals surface area contributed by atoms with E-state index in [1.54, 1.807) is 4.68 Å². The molecule has 0 radical (unpaired) electrons. The second-order valence-electron chi connectivity index (χ2n) is 4.61. The summed E-state index contributed by atoms with van der Waals surface area (Å²) in [6.45, 7) is 0.701. The van der Waals surface area contributed by atoms with E-state index in [0.29, 0.717) is 11.6 Å². The molecular weight excluding hydrogens is 307 g/mol. The highest BCUT2D eigenvalue weighted by Gasteiger charge is 2.08. The van der Waals surface area contributed by atoms with E-state index in [4.69, 9.17) is 23.2 Å². The third-order valence-electron chi connectivity index (χ3n) is 3.16. The molecule has 0 bridgehead atoms. The van der Waals surface area contributed by atoms with Gasteiger partial charge in [-0.3, -0.25) is 0 Å². The minimum absolute atomic E-state index is 0.693. The average molecular weight is 319 g/mol. The number of halogens is 2. The molecule has 6 heteroatoms. The lowest BCUT2D eigenvalue weighted by Gasteiger charge is -2.05. The van der Waals surface area contributed by atoms with Gasteiger partial charge in [-0.15, -0.1) is 5.10 Å². The standard InChI is InChI=1S/C15H12Cl2N4/c16-13-5-1-11(2-6-13)9-10-21-15(18-19-20-21)12-3-7-14(17)8-4-12/h1-8H,9-10H2. The van der Waals surface area contributed by atoms with Crippen LogP contribution in [0.25, 0.3) is 11.4 Å². The van der Waals surface area contributed by atoms with Crippen LogP contribution in [0.2, 0.25) is 10.0 Å². The summed E-state index contributed by atoms with van der Waals surface area (Å²) in [6, 6.07) is 15.3. The van der Waals surface area contributed by atoms with Gasteiger partial charge < -0.3 is 0 Å². The third kappa shape index (κ3) is 3.40. The van der Waals surface area contributed by atoms with Gasteiger partial charge >= 0.3 is 0 Å². The van der Waals surface area contributed by atoms with Gasteiger partial charge in [-0.1, -0.05) is 35.3 Å². The Balaban J connectivity index is 1.76. The molecule has 1 heterocycles. The maximum absolute atomic E-state index is 5.90. The molecule has 0 spiro atoms. The van der Waals surface area contributed by atoms with Gasteiger partial charge in [0, 0.05) is 22.2 Å². The zero-order chi connectivity index (χ0) is 14.7. The lowest BCUT2D eigenvalue weighted by Crippen LogP contribution is -2.05. The highest BCUT2D eigenvalue weighted by Crippen LogP contribution is 2.19. The number of aryl methyl sites for hydroxylation is 2. The molecular formula is C15H12Cl2N4. The summed E-state index contributed by atoms with van der Waals surface area (Å²) in [4.78, 5) is 0. The van der Waals surface area contributed by atoms with Gasteiger partial charge in [0.25, 0.3) is 0 Å². The quantitative estimate of drug-likeness (QED) is 0.733. The first kappa shape index (κ1) is 14.0. The van der Waals surface area contributed by atoms with Crippen molar-refractivity contribution in [3.63, 3.8) is 0 Å². The van der Waals surface area contributed by atoms with Crippen molar-refractivity contribution in [2.75, 3.05) is 0 Å². The second kappa shape index (κ2) is 6.24. The van der Waals surface area contributed by atoms with Gasteiger partial charge in [0.05, 0.1) is 0 Å². The fourth-order valence-corrected chi connectivity index (χ4v) is 2.30. The number of hydrogen-bond acceptors (Lipinski definition) is 3. The fourth-order valence-electron chi connectivity index (χ4n) is 2.05. The summed E-state index contributed by atoms with van der Waals surface area (Å²) >= 11 is 11.8. The number of aromatic nitrogens is 4. The van der Waals surface area contributed by atoms with Crippen molar-refractivity contribution in [3.05, 3.63) is 64.1 Å². The van der Waals surface area contributed by atoms with Crippen molar-refractivity contribution in [1.29, 1.82) is 0 Å². The Bertz CT molecular complexity index is 720. The smallest absolute Gasteiger partial charge is 0.182 e. The molecule has 1 aromatic heterocycles. The first-order chi connectivity index (χ1) is 10.2. The summed E-state index contributed by atoms with van der Waals surface area (Å²) in [7, 11) is 0. The number of nitrogens with zero attached hydrogens (tertiary/aromatic N) is 4. The Labute approximate surface area is 132 Å². The first-order valence-electron chi connectivity index (χ1n) is 6.49. The van der Waals surface area contributed by atoms with Gasteiger partial charge in [0.15, 0.2) is 5.82 Å². The van der Waals surface area contributed by atoms with E-state index in [2.05, 4.69) is 15.5 Å². The largest absolute Gasteiger partial charge is 0.225 e. The number of tetrazole rings is 1. The van der Waals surface area contributed by atoms with E-state index >= 15 is 0 Å². The zero-order valence-corrected chi connectivity index (χ0v) is 12.6. The monoisotopic (exact) mass is 318 g/mol. The summed E-state index contributed by atoms with van der Waals surface area (Å²) < 4.78 is 1.79. The minimum Gasteiger partial charge on any atom is -0.225 e. The van der Waals surface area contributed by atoms with Crippen molar-refractivity contribution in [1.82, 2.24) is 20.2 Å². The van der Waals surface area contributed by atoms with Gasteiger partial charge in [0.2, 0.25) is 0 Å². The molecule has 0 saturated heterocycles. The van der Waals surface area contributed by atoms with Crippen LogP contribution in [-0.4, -0.2) is 20.2 Å². The van der Waals surface area contributed by atoms with Crippen molar-refractivity contribution in [3.8, 4) is 11.4 Å². The van der Waals surface area contributed by atoms with Crippen LogP contribution < -0.4 is 0 Å². The summed E-state index contributed by atoms with van der Waals surface area (Å²) in [6.07, 6.45) is 0.836. The Morgan fingerprint density at radius 3 is 2.14 bits per heavy atom. The van der Waals surface area contributed by atoms with Crippen LogP contribution in [0.5, 0.6) is 0 Å². The normalized spacial score (nSPS) is 10.8. The highest BCUT2D eigenvalue weighted by atomic mass is 35.5. The molecule has 4 nitrogen and oxygen atoms in total. The molecule has 0 amide bonds. The van der Waals surface area contributed by atoms with Crippen molar-refractivity contribution in [2.24, 2.45) is 0 Å². The van der Waals surface area contributed by atoms with E-state index in [0.717, 1.165) is 22.8 Å². The van der Waals surface area contributed by atoms with Crippen LogP contribution in [0.15, 0.2) is 48.5 Å². The highest BCUT2D eigenvalue weighted by molar-refractivity contribution is 6.30. The molecule has 0 fully saturated rings. The molecule has 2 aromatic carbocycles. The van der Waals surface area contributed by atoms with Crippen molar-refractivity contribution < 1.29 is 0 Å². The van der Waals surface area contributed by atoms with Gasteiger partial charge in [-0.2, -0.15) is 0 Å². The molecule has 0 aliphatic carbocycles. The maximum Gasteiger partial charge on any atom is 0.182 e. The van der Waals surface area contributed by atoms with Crippen LogP contribution in [0.1, 0.15) is 5.56 Å². The molecule has 0 atom stereocenters. The van der Waals surface area contributed by atoms with Crippen molar-refractivity contribution >= 4 is 23.2 Å². The molecule has 0 aliphatic rings. The maximum atomic E-state index is 5.90. The summed E-state index contributed by atoms with van der Waals surface area (Å²) in [5, 5.41) is 13.3. The molecule has 21 heavy (non-hydrogen) atoms. The minimum atomic E-state index is 0.693. The van der Waals surface area contributed by atoms with Crippen molar-refractivity contribution in [2.45, 2.75) is 13.0 Å². The van der Waals surface area contributed by atoms with E-state index in [9.17, 15) is 0 Å². The van der Waals surface area contributed by atoms with E-state index in [-0.39, 0.29) is 0 Å². The van der Waals surface area contributed by atoms with E-state index in [1.807, 2.05) is 48.5 Å². The van der Waals surface area contributed by atoms with Gasteiger partial charge in [0.1, 0.15) is 0 Å². The van der Waals surface area contributed by atoms with Gasteiger partial charge in [-0.25, -0.2) is 4.68 Å². The molecule has 0 unspecified atom stereocenters. The summed E-state index contributed by atoms with van der Waals surface area (Å²) in [5.41, 5.74) is 2.14. The molecule has 106 valence electrons. The number of rotatable bonds is 4. The third-order valence-corrected chi connectivity index (χ3v) is 3.66. The van der Waals surface area contributed by atoms with Gasteiger partial charge in [-0.05, 0) is 58.8 Å². The Hall–Kier alpha value is -1.91. The molecule has 0 saturated carbocycles. The fraction of sp³-hybridized carbons (Fsp3) is 0.133. The molecule has 3 aromatic rings. The lowest BCUT2D eigenvalue weighted by atomic mass is 10.1. The Morgan fingerprint density at radius 1 is 0.857 bits per heavy atom. The molecule has 0 N–H and O–H groups in total. The first-order valence-corrected chi connectivity index (χ1v) is 7.24. The van der Waals surface area contributed by atoms with Crippen LogP contribution >= 0.6 is 23.2 Å². The van der Waals surface area contributed by atoms with Crippen LogP contribution in [0.3, 0.4) is 0 Å². The van der Waals surface area contributed by atoms with Crippen LogP contribution in [0.4, 0.5) is 0 Å². The van der Waals surface area contributed by atoms with E-state index < -0.39 is 0 Å². The van der Waals surface area contributed by atoms with Crippen LogP contribution in [0, 0.1) is 0 Å². The molecule has 0 aliphatic heterocycles. The zero-order valence-electron chi connectivity index (χ0n) is 11.1. The predicted octanol–water partition coefficient (Wildman–Crippen LogP) is 3.89. The predicted molar refractivity (Wildman–Crippen MR) is 83.4 cm³/mol. The average Bonchev–Trinajstić information content (AvgIpc) is 2.96. The number of hydrogen-bond donors (Lipinski definition) is 0. The Kier molecular flexibility index (Phi) is 4.18. The second-order valence-corrected chi connectivity index (χ2v) is 5.48. The lowest BCUT2D eigenvalue weighted by molar-refractivity contribution is 0.594. The topological polar surface area (TPSA) is 43.6 Å². The Morgan fingerprint density at radius 2 is 1.48 bits per heavy atom. The molecule has 3 rings (SSSR count). The SMILES string of the molecule is Clc1ccc(CCn2nnnc2-c2ccc(Cl)cc2)cc1. The summed E-state index contributed by atoms with van der Waals surface area (Å²) in [5.74, 6) is 0.737. The number of benzene rings is 2.